The van der Waals surface area contributed by atoms with Gasteiger partial charge in [-0.1, -0.05) is 0 Å². The summed E-state index contributed by atoms with van der Waals surface area (Å²) in [6.07, 6.45) is 7.19. The predicted octanol–water partition coefficient (Wildman–Crippen LogP) is 1.11. The van der Waals surface area contributed by atoms with E-state index in [1.165, 1.54) is 0 Å². The van der Waals surface area contributed by atoms with Crippen LogP contribution in [-0.4, -0.2) is 74.4 Å². The average molecular weight is 339 g/mol. The van der Waals surface area contributed by atoms with Gasteiger partial charge in [-0.2, -0.15) is 0 Å². The summed E-state index contributed by atoms with van der Waals surface area (Å²) < 4.78 is 7.26. The number of nitrogens with one attached hydrogen (secondary N) is 2. The number of unbranched alkanes of at least 4 members (excludes halogenated alkanes) is 1. The molecule has 1 aromatic heterocycles. The highest BCUT2D eigenvalue weighted by molar-refractivity contribution is 5.79. The summed E-state index contributed by atoms with van der Waals surface area (Å²) in [5.74, 6) is 1.95. The van der Waals surface area contributed by atoms with Gasteiger partial charge < -0.3 is 24.8 Å². The van der Waals surface area contributed by atoms with E-state index in [0.717, 1.165) is 70.4 Å². The van der Waals surface area contributed by atoms with Crippen molar-refractivity contribution in [1.29, 1.82) is 0 Å². The van der Waals surface area contributed by atoms with Crippen LogP contribution in [0.25, 0.3) is 0 Å². The number of hydrogen-bond acceptors (Lipinski definition) is 4. The molecule has 0 radical (unpaired) electrons. The number of imidazole rings is 1. The summed E-state index contributed by atoms with van der Waals surface area (Å²) in [6.45, 7) is 7.73. The summed E-state index contributed by atoms with van der Waals surface area (Å²) in [5, 5.41) is 6.72. The molecule has 0 fully saturated rings. The molecule has 0 spiro atoms. The maximum absolute atomic E-state index is 5.07. The monoisotopic (exact) mass is 338 g/mol. The standard InChI is InChI=1S/C17H34N6O/c1-16-19-10-14-23(16)12-6-5-8-20-17(18-2)21-9-13-22(3)11-7-15-24-4/h10,14H,5-9,11-13,15H2,1-4H3,(H2,18,20,21). The maximum atomic E-state index is 5.07. The highest BCUT2D eigenvalue weighted by Crippen LogP contribution is 1.99. The van der Waals surface area contributed by atoms with Crippen LogP contribution >= 0.6 is 0 Å². The fraction of sp³-hybridized carbons (Fsp3) is 0.765. The lowest BCUT2D eigenvalue weighted by Crippen LogP contribution is -2.41. The van der Waals surface area contributed by atoms with Gasteiger partial charge in [-0.25, -0.2) is 4.98 Å². The molecule has 0 aliphatic carbocycles. The Hall–Kier alpha value is -1.60. The van der Waals surface area contributed by atoms with E-state index in [9.17, 15) is 0 Å². The molecule has 7 nitrogen and oxygen atoms in total. The van der Waals surface area contributed by atoms with Crippen LogP contribution in [0.3, 0.4) is 0 Å². The van der Waals surface area contributed by atoms with Crippen LogP contribution in [0, 0.1) is 6.92 Å². The summed E-state index contributed by atoms with van der Waals surface area (Å²) in [4.78, 5) is 10.8. The number of methoxy groups -OCH3 is 1. The fourth-order valence-electron chi connectivity index (χ4n) is 2.43. The van der Waals surface area contributed by atoms with Crippen molar-refractivity contribution < 1.29 is 4.74 Å². The quantitative estimate of drug-likeness (QED) is 0.339. The van der Waals surface area contributed by atoms with E-state index in [1.54, 1.807) is 7.11 Å². The second-order valence-electron chi connectivity index (χ2n) is 5.95. The van der Waals surface area contributed by atoms with Gasteiger partial charge in [-0.3, -0.25) is 4.99 Å². The van der Waals surface area contributed by atoms with Crippen molar-refractivity contribution in [2.45, 2.75) is 32.7 Å². The van der Waals surface area contributed by atoms with Crippen LogP contribution in [0.5, 0.6) is 0 Å². The van der Waals surface area contributed by atoms with Crippen LogP contribution < -0.4 is 10.6 Å². The molecule has 0 atom stereocenters. The first-order valence-corrected chi connectivity index (χ1v) is 8.77. The van der Waals surface area contributed by atoms with Crippen molar-refractivity contribution in [2.75, 3.05) is 54.0 Å². The number of guanidine groups is 1. The molecule has 24 heavy (non-hydrogen) atoms. The molecule has 0 saturated heterocycles. The molecule has 0 unspecified atom stereocenters. The van der Waals surface area contributed by atoms with Crippen LogP contribution in [0.4, 0.5) is 0 Å². The van der Waals surface area contributed by atoms with Crippen molar-refractivity contribution in [2.24, 2.45) is 4.99 Å². The van der Waals surface area contributed by atoms with Crippen molar-refractivity contribution in [1.82, 2.24) is 25.1 Å². The zero-order chi connectivity index (χ0) is 17.6. The molecule has 0 saturated carbocycles. The normalized spacial score (nSPS) is 12.0. The van der Waals surface area contributed by atoms with Gasteiger partial charge in [-0.15, -0.1) is 0 Å². The zero-order valence-corrected chi connectivity index (χ0v) is 15.7. The van der Waals surface area contributed by atoms with E-state index in [1.807, 2.05) is 26.4 Å². The van der Waals surface area contributed by atoms with Crippen molar-refractivity contribution >= 4 is 5.96 Å². The Balaban J connectivity index is 2.05. The smallest absolute Gasteiger partial charge is 0.191 e. The number of ether oxygens (including phenoxy) is 1. The molecule has 0 aromatic carbocycles. The second-order valence-corrected chi connectivity index (χ2v) is 5.95. The first-order chi connectivity index (χ1) is 11.7. The molecular formula is C17H34N6O. The third-order valence-corrected chi connectivity index (χ3v) is 3.94. The Kier molecular flexibility index (Phi) is 10.9. The van der Waals surface area contributed by atoms with Crippen LogP contribution in [0.15, 0.2) is 17.4 Å². The second kappa shape index (κ2) is 12.8. The highest BCUT2D eigenvalue weighted by atomic mass is 16.5. The number of aromatic nitrogens is 2. The Morgan fingerprint density at radius 2 is 2.04 bits per heavy atom. The van der Waals surface area contributed by atoms with Gasteiger partial charge in [0.15, 0.2) is 5.96 Å². The third-order valence-electron chi connectivity index (χ3n) is 3.94. The third kappa shape index (κ3) is 8.88. The summed E-state index contributed by atoms with van der Waals surface area (Å²) in [6, 6.07) is 0. The van der Waals surface area contributed by atoms with E-state index < -0.39 is 0 Å². The molecular weight excluding hydrogens is 304 g/mol. The van der Waals surface area contributed by atoms with E-state index in [0.29, 0.717) is 0 Å². The molecule has 1 aromatic rings. The van der Waals surface area contributed by atoms with Crippen LogP contribution in [0.2, 0.25) is 0 Å². The SMILES string of the molecule is CN=C(NCCCCn1ccnc1C)NCCN(C)CCCOC. The number of aliphatic imine (C=N–C) groups is 1. The van der Waals surface area contributed by atoms with Crippen molar-refractivity contribution in [3.63, 3.8) is 0 Å². The van der Waals surface area contributed by atoms with Gasteiger partial charge in [-0.05, 0) is 33.2 Å². The molecule has 1 rings (SSSR count). The Morgan fingerprint density at radius 3 is 2.71 bits per heavy atom. The lowest BCUT2D eigenvalue weighted by molar-refractivity contribution is 0.180. The van der Waals surface area contributed by atoms with E-state index >= 15 is 0 Å². The van der Waals surface area contributed by atoms with Gasteiger partial charge >= 0.3 is 0 Å². The highest BCUT2D eigenvalue weighted by Gasteiger charge is 2.01. The van der Waals surface area contributed by atoms with Gasteiger partial charge in [0.25, 0.3) is 0 Å². The number of likely N-dealkylation sites (N-methyl/N-ethyl adjacent to an activating group) is 1. The minimum Gasteiger partial charge on any atom is -0.385 e. The minimum absolute atomic E-state index is 0.819. The Labute approximate surface area is 146 Å². The first kappa shape index (κ1) is 20.4. The van der Waals surface area contributed by atoms with Gasteiger partial charge in [0.05, 0.1) is 0 Å². The topological polar surface area (TPSA) is 66.7 Å². The molecule has 2 N–H and O–H groups in total. The van der Waals surface area contributed by atoms with Crippen molar-refractivity contribution in [3.8, 4) is 0 Å². The predicted molar refractivity (Wildman–Crippen MR) is 99.6 cm³/mol. The molecule has 0 aliphatic heterocycles. The first-order valence-electron chi connectivity index (χ1n) is 8.77. The van der Waals surface area contributed by atoms with Crippen LogP contribution in [0.1, 0.15) is 25.1 Å². The van der Waals surface area contributed by atoms with Gasteiger partial charge in [0.2, 0.25) is 0 Å². The number of hydrogen-bond donors (Lipinski definition) is 2. The summed E-state index contributed by atoms with van der Waals surface area (Å²) in [5.41, 5.74) is 0. The average Bonchev–Trinajstić information content (AvgIpc) is 2.98. The Bertz CT molecular complexity index is 460. The van der Waals surface area contributed by atoms with Gasteiger partial charge in [0, 0.05) is 65.9 Å². The molecule has 0 aliphatic rings. The molecule has 0 amide bonds. The molecule has 0 bridgehead atoms. The van der Waals surface area contributed by atoms with E-state index in [4.69, 9.17) is 4.74 Å². The van der Waals surface area contributed by atoms with Crippen LogP contribution in [-0.2, 0) is 11.3 Å². The van der Waals surface area contributed by atoms with Crippen molar-refractivity contribution in [3.05, 3.63) is 18.2 Å². The molecule has 7 heteroatoms. The molecule has 1 heterocycles. The van der Waals surface area contributed by atoms with Gasteiger partial charge in [0.1, 0.15) is 5.82 Å². The summed E-state index contributed by atoms with van der Waals surface area (Å²) >= 11 is 0. The molecule has 138 valence electrons. The zero-order valence-electron chi connectivity index (χ0n) is 15.7. The van der Waals surface area contributed by atoms with E-state index in [-0.39, 0.29) is 0 Å². The van der Waals surface area contributed by atoms with E-state index in [2.05, 4.69) is 37.1 Å². The number of aryl methyl sites for hydroxylation is 2. The lowest BCUT2D eigenvalue weighted by Gasteiger charge is -2.18. The Morgan fingerprint density at radius 1 is 1.25 bits per heavy atom. The number of nitrogens with zero attached hydrogens (tertiary/aromatic N) is 4. The number of rotatable bonds is 12. The largest absolute Gasteiger partial charge is 0.385 e. The fourth-order valence-corrected chi connectivity index (χ4v) is 2.43. The maximum Gasteiger partial charge on any atom is 0.191 e. The lowest BCUT2D eigenvalue weighted by atomic mass is 10.3. The minimum atomic E-state index is 0.819. The summed E-state index contributed by atoms with van der Waals surface area (Å²) in [7, 11) is 5.69.